The summed E-state index contributed by atoms with van der Waals surface area (Å²) in [5.74, 6) is -1.07. The fraction of sp³-hybridized carbons (Fsp3) is 0.235. The number of aromatic nitrogens is 1. The molecular weight excluding hydrogens is 270 g/mol. The van der Waals surface area contributed by atoms with E-state index in [-0.39, 0.29) is 5.56 Å². The van der Waals surface area contributed by atoms with Crippen LogP contribution in [0.3, 0.4) is 0 Å². The molecule has 1 aliphatic heterocycles. The summed E-state index contributed by atoms with van der Waals surface area (Å²) in [6, 6.07) is 4.44. The van der Waals surface area contributed by atoms with Crippen LogP contribution in [0.1, 0.15) is 22.5 Å². The highest BCUT2D eigenvalue weighted by Gasteiger charge is 2.21. The van der Waals surface area contributed by atoms with Gasteiger partial charge >= 0.3 is 0 Å². The van der Waals surface area contributed by atoms with Crippen LogP contribution in [0.2, 0.25) is 0 Å². The third-order valence-electron chi connectivity index (χ3n) is 3.74. The molecule has 0 fully saturated rings. The minimum atomic E-state index is -0.533. The van der Waals surface area contributed by atoms with E-state index in [0.717, 1.165) is 17.8 Å². The Kier molecular flexibility index (Phi) is 3.55. The van der Waals surface area contributed by atoms with Gasteiger partial charge in [-0.1, -0.05) is 6.58 Å². The zero-order valence-corrected chi connectivity index (χ0v) is 11.8. The third kappa shape index (κ3) is 2.47. The molecule has 0 aliphatic carbocycles. The molecule has 2 aromatic rings. The lowest BCUT2D eigenvalue weighted by molar-refractivity contribution is 0.585. The fourth-order valence-electron chi connectivity index (χ4n) is 2.78. The molecule has 1 aliphatic rings. The highest BCUT2D eigenvalue weighted by Crippen LogP contribution is 2.33. The van der Waals surface area contributed by atoms with Crippen molar-refractivity contribution < 1.29 is 8.78 Å². The van der Waals surface area contributed by atoms with E-state index in [0.29, 0.717) is 29.8 Å². The third-order valence-corrected chi connectivity index (χ3v) is 3.74. The van der Waals surface area contributed by atoms with Crippen LogP contribution in [0, 0.1) is 18.6 Å². The van der Waals surface area contributed by atoms with Crippen molar-refractivity contribution >= 4 is 6.08 Å². The summed E-state index contributed by atoms with van der Waals surface area (Å²) in [5.41, 5.74) is 3.58. The van der Waals surface area contributed by atoms with Crippen LogP contribution in [0.4, 0.5) is 8.78 Å². The maximum atomic E-state index is 14.3. The van der Waals surface area contributed by atoms with Crippen molar-refractivity contribution in [2.45, 2.75) is 19.9 Å². The first-order chi connectivity index (χ1) is 10.1. The van der Waals surface area contributed by atoms with E-state index in [1.165, 1.54) is 12.1 Å². The molecule has 3 rings (SSSR count). The number of rotatable bonds is 2. The summed E-state index contributed by atoms with van der Waals surface area (Å²) in [5, 5.41) is 3.22. The van der Waals surface area contributed by atoms with Gasteiger partial charge in [-0.05, 0) is 60.9 Å². The van der Waals surface area contributed by atoms with Crippen molar-refractivity contribution in [2.75, 3.05) is 6.54 Å². The van der Waals surface area contributed by atoms with Crippen molar-refractivity contribution in [3.63, 3.8) is 0 Å². The van der Waals surface area contributed by atoms with Crippen LogP contribution >= 0.6 is 0 Å². The second kappa shape index (κ2) is 5.37. The Bertz CT molecular complexity index is 700. The van der Waals surface area contributed by atoms with E-state index in [4.69, 9.17) is 0 Å². The zero-order valence-electron chi connectivity index (χ0n) is 11.8. The summed E-state index contributed by atoms with van der Waals surface area (Å²) in [6.45, 7) is 6.77. The van der Waals surface area contributed by atoms with Gasteiger partial charge in [0, 0.05) is 6.54 Å². The SMILES string of the molecule is C=Cc1cc(-c2c(F)cc(C)cc2F)c2c(n1)CNCC2. The summed E-state index contributed by atoms with van der Waals surface area (Å²) in [7, 11) is 0. The second-order valence-electron chi connectivity index (χ2n) is 5.25. The molecular formula is C17H16F2N2. The van der Waals surface area contributed by atoms with Gasteiger partial charge in [0.1, 0.15) is 11.6 Å². The van der Waals surface area contributed by atoms with E-state index >= 15 is 0 Å². The molecule has 0 atom stereocenters. The van der Waals surface area contributed by atoms with Crippen molar-refractivity contribution in [2.24, 2.45) is 0 Å². The number of benzene rings is 1. The summed E-state index contributed by atoms with van der Waals surface area (Å²) in [6.07, 6.45) is 2.31. The lowest BCUT2D eigenvalue weighted by Gasteiger charge is -2.21. The van der Waals surface area contributed by atoms with Gasteiger partial charge in [-0.25, -0.2) is 8.78 Å². The molecule has 4 heteroatoms. The molecule has 0 bridgehead atoms. The Balaban J connectivity index is 2.29. The first-order valence-corrected chi connectivity index (χ1v) is 6.92. The van der Waals surface area contributed by atoms with Crippen LogP contribution in [0.15, 0.2) is 24.8 Å². The molecule has 0 radical (unpaired) electrons. The molecule has 1 aromatic carbocycles. The standard InChI is InChI=1S/C17H16F2N2/c1-3-11-8-13(12-4-5-20-9-16(12)21-11)17-14(18)6-10(2)7-15(17)19/h3,6-8,20H,1,4-5,9H2,2H3. The topological polar surface area (TPSA) is 24.9 Å². The van der Waals surface area contributed by atoms with Crippen molar-refractivity contribution in [1.29, 1.82) is 0 Å². The predicted molar refractivity (Wildman–Crippen MR) is 79.8 cm³/mol. The van der Waals surface area contributed by atoms with E-state index in [1.807, 2.05) is 0 Å². The maximum Gasteiger partial charge on any atom is 0.134 e. The van der Waals surface area contributed by atoms with Crippen LogP contribution in [-0.4, -0.2) is 11.5 Å². The van der Waals surface area contributed by atoms with Crippen molar-refractivity contribution in [3.05, 3.63) is 58.9 Å². The highest BCUT2D eigenvalue weighted by molar-refractivity contribution is 5.72. The number of hydrogen-bond acceptors (Lipinski definition) is 2. The van der Waals surface area contributed by atoms with Gasteiger partial charge in [0.2, 0.25) is 0 Å². The van der Waals surface area contributed by atoms with Gasteiger partial charge in [0.05, 0.1) is 17.0 Å². The van der Waals surface area contributed by atoms with Gasteiger partial charge < -0.3 is 5.32 Å². The van der Waals surface area contributed by atoms with Crippen LogP contribution in [-0.2, 0) is 13.0 Å². The number of aryl methyl sites for hydroxylation is 1. The number of nitrogens with one attached hydrogen (secondary N) is 1. The second-order valence-corrected chi connectivity index (χ2v) is 5.25. The van der Waals surface area contributed by atoms with Gasteiger partial charge in [0.25, 0.3) is 0 Å². The van der Waals surface area contributed by atoms with Crippen LogP contribution in [0.25, 0.3) is 17.2 Å². The van der Waals surface area contributed by atoms with Gasteiger partial charge in [-0.15, -0.1) is 0 Å². The zero-order chi connectivity index (χ0) is 15.0. The number of pyridine rings is 1. The summed E-state index contributed by atoms with van der Waals surface area (Å²) >= 11 is 0. The van der Waals surface area contributed by atoms with Crippen molar-refractivity contribution in [3.8, 4) is 11.1 Å². The molecule has 1 N–H and O–H groups in total. The van der Waals surface area contributed by atoms with Crippen LogP contribution in [0.5, 0.6) is 0 Å². The molecule has 21 heavy (non-hydrogen) atoms. The van der Waals surface area contributed by atoms with E-state index < -0.39 is 11.6 Å². The smallest absolute Gasteiger partial charge is 0.134 e. The Morgan fingerprint density at radius 3 is 2.62 bits per heavy atom. The van der Waals surface area contributed by atoms with E-state index in [2.05, 4.69) is 16.9 Å². The minimum Gasteiger partial charge on any atom is -0.311 e. The molecule has 0 saturated heterocycles. The Morgan fingerprint density at radius 1 is 1.24 bits per heavy atom. The number of fused-ring (bicyclic) bond motifs is 1. The van der Waals surface area contributed by atoms with E-state index in [1.54, 1.807) is 19.1 Å². The van der Waals surface area contributed by atoms with Crippen molar-refractivity contribution in [1.82, 2.24) is 10.3 Å². The molecule has 0 unspecified atom stereocenters. The first kappa shape index (κ1) is 13.9. The average molecular weight is 286 g/mol. The molecule has 0 amide bonds. The number of nitrogens with zero attached hydrogens (tertiary/aromatic N) is 1. The summed E-state index contributed by atoms with van der Waals surface area (Å²) < 4.78 is 28.6. The Hall–Kier alpha value is -2.07. The predicted octanol–water partition coefficient (Wildman–Crippen LogP) is 3.62. The molecule has 0 spiro atoms. The Morgan fingerprint density at radius 2 is 1.95 bits per heavy atom. The van der Waals surface area contributed by atoms with Gasteiger partial charge in [-0.2, -0.15) is 0 Å². The average Bonchev–Trinajstić information content (AvgIpc) is 2.45. The highest BCUT2D eigenvalue weighted by atomic mass is 19.1. The largest absolute Gasteiger partial charge is 0.311 e. The Labute approximate surface area is 122 Å². The van der Waals surface area contributed by atoms with Crippen LogP contribution < -0.4 is 5.32 Å². The molecule has 1 aromatic heterocycles. The molecule has 2 nitrogen and oxygen atoms in total. The van der Waals surface area contributed by atoms with Gasteiger partial charge in [0.15, 0.2) is 0 Å². The number of halogens is 2. The lowest BCUT2D eigenvalue weighted by atomic mass is 9.92. The molecule has 2 heterocycles. The number of hydrogen-bond donors (Lipinski definition) is 1. The van der Waals surface area contributed by atoms with Gasteiger partial charge in [-0.3, -0.25) is 4.98 Å². The molecule has 0 saturated carbocycles. The van der Waals surface area contributed by atoms with E-state index in [9.17, 15) is 8.78 Å². The quantitative estimate of drug-likeness (QED) is 0.912. The minimum absolute atomic E-state index is 0.0317. The first-order valence-electron chi connectivity index (χ1n) is 6.92. The maximum absolute atomic E-state index is 14.3. The lowest BCUT2D eigenvalue weighted by Crippen LogP contribution is -2.25. The normalized spacial score (nSPS) is 13.9. The molecule has 108 valence electrons. The fourth-order valence-corrected chi connectivity index (χ4v) is 2.78. The monoisotopic (exact) mass is 286 g/mol. The summed E-state index contributed by atoms with van der Waals surface area (Å²) in [4.78, 5) is 4.47.